The number of nitrogens with zero attached hydrogens (tertiary/aromatic N) is 1. The Morgan fingerprint density at radius 3 is 1.98 bits per heavy atom. The molecule has 0 fully saturated rings. The van der Waals surface area contributed by atoms with Crippen LogP contribution >= 0.6 is 0 Å². The average molecular weight is 569 g/mol. The van der Waals surface area contributed by atoms with Crippen LogP contribution in [-0.4, -0.2) is 66.7 Å². The van der Waals surface area contributed by atoms with E-state index in [-0.39, 0.29) is 63.7 Å². The molecule has 0 saturated heterocycles. The molecule has 0 spiro atoms. The number of ether oxygens (including phenoxy) is 1. The van der Waals surface area contributed by atoms with Gasteiger partial charge in [-0.05, 0) is 57.0 Å². The molecule has 40 heavy (non-hydrogen) atoms. The molecular formula is C28H28N2O9S. The van der Waals surface area contributed by atoms with Crippen molar-refractivity contribution in [3.8, 4) is 5.75 Å². The van der Waals surface area contributed by atoms with E-state index < -0.39 is 27.7 Å². The number of nitrogens with one attached hydrogen (secondary N) is 1. The minimum atomic E-state index is -3.72. The summed E-state index contributed by atoms with van der Waals surface area (Å²) in [6.07, 6.45) is 1.80. The highest BCUT2D eigenvalue weighted by Crippen LogP contribution is 2.43. The van der Waals surface area contributed by atoms with Gasteiger partial charge in [0.05, 0.1) is 39.7 Å². The van der Waals surface area contributed by atoms with Gasteiger partial charge in [-0.25, -0.2) is 18.0 Å². The minimum absolute atomic E-state index is 0.0789. The third-order valence-electron chi connectivity index (χ3n) is 6.85. The number of amides is 2. The van der Waals surface area contributed by atoms with Crippen molar-refractivity contribution in [2.75, 3.05) is 19.4 Å². The molecule has 0 unspecified atom stereocenters. The van der Waals surface area contributed by atoms with Gasteiger partial charge in [0.25, 0.3) is 11.8 Å². The number of allylic oxidation sites excluding steroid dienone is 2. The lowest BCUT2D eigenvalue weighted by molar-refractivity contribution is -0.133. The fraction of sp³-hybridized carbons (Fsp3) is 0.286. The van der Waals surface area contributed by atoms with Gasteiger partial charge < -0.3 is 20.3 Å². The maximum atomic E-state index is 12.6. The van der Waals surface area contributed by atoms with Gasteiger partial charge >= 0.3 is 11.9 Å². The highest BCUT2D eigenvalue weighted by molar-refractivity contribution is 7.90. The first-order chi connectivity index (χ1) is 18.8. The predicted molar refractivity (Wildman–Crippen MR) is 143 cm³/mol. The number of rotatable bonds is 10. The summed E-state index contributed by atoms with van der Waals surface area (Å²) in [7, 11) is -3.72. The number of carbonyl (C=O) groups excluding carboxylic acids is 2. The summed E-state index contributed by atoms with van der Waals surface area (Å²) in [4.78, 5) is 50.7. The first kappa shape index (κ1) is 28.6. The maximum Gasteiger partial charge on any atom is 0.334 e. The van der Waals surface area contributed by atoms with Crippen LogP contribution < -0.4 is 10.1 Å². The number of unbranched alkanes of at least 4 members (excludes halogenated alkanes) is 1. The second kappa shape index (κ2) is 11.0. The Bertz CT molecular complexity index is 1530. The fourth-order valence-corrected chi connectivity index (χ4v) is 5.64. The third-order valence-corrected chi connectivity index (χ3v) is 7.96. The Morgan fingerprint density at radius 2 is 1.48 bits per heavy atom. The van der Waals surface area contributed by atoms with E-state index >= 15 is 0 Å². The summed E-state index contributed by atoms with van der Waals surface area (Å²) in [6.45, 7) is 3.24. The molecule has 0 saturated carbocycles. The molecule has 2 aromatic rings. The lowest BCUT2D eigenvalue weighted by Crippen LogP contribution is -2.31. The number of sulfone groups is 1. The molecule has 11 nitrogen and oxygen atoms in total. The van der Waals surface area contributed by atoms with Gasteiger partial charge in [0.2, 0.25) is 0 Å². The topological polar surface area (TPSA) is 167 Å². The van der Waals surface area contributed by atoms with E-state index in [0.717, 1.165) is 6.26 Å². The molecule has 2 aliphatic rings. The number of carboxylic acids is 2. The van der Waals surface area contributed by atoms with Gasteiger partial charge in [-0.2, -0.15) is 0 Å². The van der Waals surface area contributed by atoms with Crippen molar-refractivity contribution in [3.63, 3.8) is 0 Å². The molecule has 210 valence electrons. The van der Waals surface area contributed by atoms with E-state index in [2.05, 4.69) is 5.32 Å². The van der Waals surface area contributed by atoms with Crippen LogP contribution in [0.5, 0.6) is 5.75 Å². The van der Waals surface area contributed by atoms with Crippen molar-refractivity contribution in [3.05, 3.63) is 81.7 Å². The molecule has 0 bridgehead atoms. The number of hydrogen-bond acceptors (Lipinski definition) is 8. The van der Waals surface area contributed by atoms with E-state index in [1.165, 1.54) is 36.9 Å². The summed E-state index contributed by atoms with van der Waals surface area (Å²) in [5, 5.41) is 22.7. The van der Waals surface area contributed by atoms with E-state index in [4.69, 9.17) is 4.74 Å². The van der Waals surface area contributed by atoms with Crippen LogP contribution in [0.25, 0.3) is 0 Å². The molecule has 2 aromatic carbocycles. The van der Waals surface area contributed by atoms with Crippen LogP contribution in [0.15, 0.2) is 69.9 Å². The smallest absolute Gasteiger partial charge is 0.334 e. The standard InChI is InChI=1S/C28H28N2O9S/c1-15-22(27(33)34)24(23(28(35)36)16(2)29-15)20-14-17(40(3,37)38)10-11-21(20)39-13-7-6-12-30-25(31)18-8-4-5-9-19(18)26(30)32/h4-5,8-11,14,24,29H,6-7,12-13H2,1-3H3,(H,33,34)(H,35,36). The summed E-state index contributed by atoms with van der Waals surface area (Å²) >= 11 is 0. The van der Waals surface area contributed by atoms with E-state index in [0.29, 0.717) is 24.0 Å². The van der Waals surface area contributed by atoms with Gasteiger partial charge in [-0.15, -0.1) is 0 Å². The van der Waals surface area contributed by atoms with Crippen LogP contribution in [0.3, 0.4) is 0 Å². The molecule has 0 atom stereocenters. The summed E-state index contributed by atoms with van der Waals surface area (Å²) in [5.74, 6) is -4.64. The maximum absolute atomic E-state index is 12.6. The third kappa shape index (κ3) is 5.34. The predicted octanol–water partition coefficient (Wildman–Crippen LogP) is 2.95. The van der Waals surface area contributed by atoms with Gasteiger partial charge in [0, 0.05) is 29.8 Å². The number of imide groups is 1. The first-order valence-electron chi connectivity index (χ1n) is 12.4. The van der Waals surface area contributed by atoms with Crippen LogP contribution in [0.4, 0.5) is 0 Å². The van der Waals surface area contributed by atoms with E-state index in [1.54, 1.807) is 24.3 Å². The van der Waals surface area contributed by atoms with Gasteiger partial charge in [-0.3, -0.25) is 14.5 Å². The van der Waals surface area contributed by atoms with Crippen molar-refractivity contribution in [2.24, 2.45) is 0 Å². The largest absolute Gasteiger partial charge is 0.493 e. The SMILES string of the molecule is CC1=C(C(=O)O)C(c2cc(S(C)(=O)=O)ccc2OCCCCN2C(=O)c3ccccc3C2=O)C(C(=O)O)=C(C)N1. The number of carboxylic acid groups (broad SMARTS) is 2. The molecule has 4 rings (SSSR count). The summed E-state index contributed by atoms with van der Waals surface area (Å²) in [5.41, 5.74) is 0.743. The molecule has 2 heterocycles. The van der Waals surface area contributed by atoms with Crippen molar-refractivity contribution in [2.45, 2.75) is 37.5 Å². The minimum Gasteiger partial charge on any atom is -0.493 e. The molecular weight excluding hydrogens is 540 g/mol. The number of dihydropyridines is 1. The number of carbonyl (C=O) groups is 4. The highest BCUT2D eigenvalue weighted by Gasteiger charge is 2.39. The highest BCUT2D eigenvalue weighted by atomic mass is 32.2. The van der Waals surface area contributed by atoms with Gasteiger partial charge in [0.1, 0.15) is 5.75 Å². The summed E-state index contributed by atoms with van der Waals surface area (Å²) in [6, 6.07) is 10.5. The van der Waals surface area contributed by atoms with Crippen molar-refractivity contribution >= 4 is 33.6 Å². The fourth-order valence-electron chi connectivity index (χ4n) is 4.98. The number of aliphatic carboxylic acids is 2. The molecule has 2 aliphatic heterocycles. The van der Waals surface area contributed by atoms with Gasteiger partial charge in [0.15, 0.2) is 9.84 Å². The lowest BCUT2D eigenvalue weighted by atomic mass is 9.80. The Morgan fingerprint density at radius 1 is 0.925 bits per heavy atom. The average Bonchev–Trinajstić information content (AvgIpc) is 3.11. The number of hydrogen-bond donors (Lipinski definition) is 3. The number of fused-ring (bicyclic) bond motifs is 1. The lowest BCUT2D eigenvalue weighted by Gasteiger charge is -2.30. The summed E-state index contributed by atoms with van der Waals surface area (Å²) < 4.78 is 30.6. The van der Waals surface area contributed by atoms with Crippen LogP contribution in [0.1, 0.15) is 58.9 Å². The molecule has 2 amide bonds. The van der Waals surface area contributed by atoms with E-state index in [9.17, 15) is 37.8 Å². The molecule has 0 aromatic heterocycles. The molecule has 0 radical (unpaired) electrons. The van der Waals surface area contributed by atoms with Crippen molar-refractivity contribution < 1.29 is 42.5 Å². The second-order valence-electron chi connectivity index (χ2n) is 9.58. The van der Waals surface area contributed by atoms with E-state index in [1.807, 2.05) is 0 Å². The zero-order valence-electron chi connectivity index (χ0n) is 22.1. The Balaban J connectivity index is 1.58. The molecule has 3 N–H and O–H groups in total. The quantitative estimate of drug-likeness (QED) is 0.286. The van der Waals surface area contributed by atoms with Crippen LogP contribution in [0.2, 0.25) is 0 Å². The second-order valence-corrected chi connectivity index (χ2v) is 11.6. The Kier molecular flexibility index (Phi) is 7.83. The van der Waals surface area contributed by atoms with Crippen LogP contribution in [-0.2, 0) is 19.4 Å². The zero-order chi connectivity index (χ0) is 29.4. The van der Waals surface area contributed by atoms with Crippen molar-refractivity contribution in [1.29, 1.82) is 0 Å². The monoisotopic (exact) mass is 568 g/mol. The zero-order valence-corrected chi connectivity index (χ0v) is 22.9. The van der Waals surface area contributed by atoms with Crippen LogP contribution in [0, 0.1) is 0 Å². The first-order valence-corrected chi connectivity index (χ1v) is 14.3. The normalized spacial score (nSPS) is 15.8. The van der Waals surface area contributed by atoms with Gasteiger partial charge in [-0.1, -0.05) is 12.1 Å². The molecule has 0 aliphatic carbocycles. The Hall–Kier alpha value is -4.45. The molecule has 12 heteroatoms. The Labute approximate surface area is 230 Å². The van der Waals surface area contributed by atoms with Crippen molar-refractivity contribution in [1.82, 2.24) is 10.2 Å². The number of benzene rings is 2.